The molecule has 0 aliphatic carbocycles. The molecule has 0 aliphatic rings. The summed E-state index contributed by atoms with van der Waals surface area (Å²) in [4.78, 5) is 2.01. The topological polar surface area (TPSA) is 73.3 Å². The van der Waals surface area contributed by atoms with Crippen LogP contribution in [0.25, 0.3) is 0 Å². The first-order chi connectivity index (χ1) is 7.13. The summed E-state index contributed by atoms with van der Waals surface area (Å²) < 4.78 is 0. The van der Waals surface area contributed by atoms with E-state index in [4.69, 9.17) is 16.2 Å². The van der Waals surface area contributed by atoms with Crippen molar-refractivity contribution in [2.75, 3.05) is 20.2 Å². The van der Waals surface area contributed by atoms with Crippen molar-refractivity contribution in [1.29, 1.82) is 5.41 Å². The van der Waals surface area contributed by atoms with Crippen LogP contribution in [0, 0.1) is 5.41 Å². The van der Waals surface area contributed by atoms with Crippen LogP contribution in [0.3, 0.4) is 0 Å². The number of nitrogens with zero attached hydrogens (tertiary/aromatic N) is 1. The monoisotopic (exact) mass is 207 g/mol. The van der Waals surface area contributed by atoms with E-state index in [1.807, 2.05) is 36.2 Å². The van der Waals surface area contributed by atoms with Gasteiger partial charge in [0.2, 0.25) is 0 Å². The van der Waals surface area contributed by atoms with Gasteiger partial charge in [-0.25, -0.2) is 0 Å². The Bertz CT molecular complexity index is 338. The molecule has 1 aromatic carbocycles. The van der Waals surface area contributed by atoms with Gasteiger partial charge in [0, 0.05) is 18.7 Å². The minimum Gasteiger partial charge on any atom is -0.395 e. The van der Waals surface area contributed by atoms with Crippen molar-refractivity contribution in [2.45, 2.75) is 6.54 Å². The second kappa shape index (κ2) is 5.48. The number of nitrogen functional groups attached to an aromatic ring is 1. The lowest BCUT2D eigenvalue weighted by Crippen LogP contribution is -2.21. The van der Waals surface area contributed by atoms with Gasteiger partial charge in [0.25, 0.3) is 0 Å². The highest BCUT2D eigenvalue weighted by molar-refractivity contribution is 5.95. The summed E-state index contributed by atoms with van der Waals surface area (Å²) in [6.07, 6.45) is 0. The molecule has 0 atom stereocenters. The number of rotatable bonds is 5. The predicted octanol–water partition coefficient (Wildman–Crippen LogP) is 0.395. The molecule has 0 radical (unpaired) electrons. The first-order valence-corrected chi connectivity index (χ1v) is 4.86. The number of benzene rings is 1. The molecule has 4 heteroatoms. The third kappa shape index (κ3) is 3.69. The number of aliphatic hydroxyl groups is 1. The SMILES string of the molecule is CN(CCO)Cc1cccc(C(=N)N)c1. The Kier molecular flexibility index (Phi) is 4.27. The molecule has 1 aromatic rings. The van der Waals surface area contributed by atoms with Crippen molar-refractivity contribution in [3.05, 3.63) is 35.4 Å². The molecule has 0 unspecified atom stereocenters. The average Bonchev–Trinajstić information content (AvgIpc) is 2.18. The van der Waals surface area contributed by atoms with E-state index in [1.54, 1.807) is 0 Å². The third-order valence-electron chi connectivity index (χ3n) is 2.17. The minimum absolute atomic E-state index is 0.0849. The molecule has 0 amide bonds. The van der Waals surface area contributed by atoms with Crippen molar-refractivity contribution < 1.29 is 5.11 Å². The molecule has 1 rings (SSSR count). The maximum absolute atomic E-state index is 8.76. The van der Waals surface area contributed by atoms with Gasteiger partial charge in [0.15, 0.2) is 0 Å². The molecule has 0 fully saturated rings. The quantitative estimate of drug-likeness (QED) is 0.483. The van der Waals surface area contributed by atoms with Gasteiger partial charge in [-0.15, -0.1) is 0 Å². The van der Waals surface area contributed by atoms with Crippen molar-refractivity contribution in [2.24, 2.45) is 5.73 Å². The highest BCUT2D eigenvalue weighted by Gasteiger charge is 2.01. The number of likely N-dealkylation sites (N-methyl/N-ethyl adjacent to an activating group) is 1. The Hall–Kier alpha value is -1.39. The van der Waals surface area contributed by atoms with Crippen LogP contribution in [0.15, 0.2) is 24.3 Å². The van der Waals surface area contributed by atoms with Gasteiger partial charge in [-0.05, 0) is 18.7 Å². The number of nitrogens with one attached hydrogen (secondary N) is 1. The van der Waals surface area contributed by atoms with Gasteiger partial charge >= 0.3 is 0 Å². The van der Waals surface area contributed by atoms with E-state index in [1.165, 1.54) is 0 Å². The number of aliphatic hydroxyl groups excluding tert-OH is 1. The maximum Gasteiger partial charge on any atom is 0.122 e. The molecule has 0 bridgehead atoms. The lowest BCUT2D eigenvalue weighted by Gasteiger charge is -2.15. The van der Waals surface area contributed by atoms with Crippen LogP contribution in [0.4, 0.5) is 0 Å². The van der Waals surface area contributed by atoms with Crippen molar-refractivity contribution in [3.63, 3.8) is 0 Å². The predicted molar refractivity (Wildman–Crippen MR) is 60.9 cm³/mol. The Morgan fingerprint density at radius 3 is 2.87 bits per heavy atom. The van der Waals surface area contributed by atoms with E-state index < -0.39 is 0 Å². The molecule has 0 spiro atoms. The molecular weight excluding hydrogens is 190 g/mol. The van der Waals surface area contributed by atoms with Crippen molar-refractivity contribution in [1.82, 2.24) is 4.90 Å². The molecule has 0 saturated heterocycles. The second-order valence-electron chi connectivity index (χ2n) is 3.58. The zero-order valence-electron chi connectivity index (χ0n) is 8.90. The van der Waals surface area contributed by atoms with Gasteiger partial charge in [0.05, 0.1) is 6.61 Å². The summed E-state index contributed by atoms with van der Waals surface area (Å²) in [5.74, 6) is 0.0849. The van der Waals surface area contributed by atoms with Crippen LogP contribution >= 0.6 is 0 Å². The highest BCUT2D eigenvalue weighted by atomic mass is 16.3. The number of amidine groups is 1. The molecule has 4 nitrogen and oxygen atoms in total. The first-order valence-electron chi connectivity index (χ1n) is 4.86. The summed E-state index contributed by atoms with van der Waals surface area (Å²) in [6, 6.07) is 7.59. The van der Waals surface area contributed by atoms with E-state index in [-0.39, 0.29) is 12.4 Å². The number of nitrogens with two attached hydrogens (primary N) is 1. The molecule has 0 aliphatic heterocycles. The summed E-state index contributed by atoms with van der Waals surface area (Å²) in [5, 5.41) is 16.1. The largest absolute Gasteiger partial charge is 0.395 e. The van der Waals surface area contributed by atoms with Crippen molar-refractivity contribution >= 4 is 5.84 Å². The summed E-state index contributed by atoms with van der Waals surface area (Å²) in [5.41, 5.74) is 7.24. The molecule has 15 heavy (non-hydrogen) atoms. The molecule has 0 aromatic heterocycles. The van der Waals surface area contributed by atoms with Crippen LogP contribution in [0.1, 0.15) is 11.1 Å². The Morgan fingerprint density at radius 2 is 2.27 bits per heavy atom. The Morgan fingerprint density at radius 1 is 1.53 bits per heavy atom. The van der Waals surface area contributed by atoms with Gasteiger partial charge in [-0.3, -0.25) is 10.3 Å². The molecule has 82 valence electrons. The highest BCUT2D eigenvalue weighted by Crippen LogP contribution is 2.06. The van der Waals surface area contributed by atoms with Gasteiger partial charge in [-0.1, -0.05) is 18.2 Å². The summed E-state index contributed by atoms with van der Waals surface area (Å²) >= 11 is 0. The minimum atomic E-state index is 0.0849. The fourth-order valence-electron chi connectivity index (χ4n) is 1.40. The lowest BCUT2D eigenvalue weighted by atomic mass is 10.1. The Balaban J connectivity index is 2.69. The standard InChI is InChI=1S/C11H17N3O/c1-14(5-6-15)8-9-3-2-4-10(7-9)11(12)13/h2-4,7,15H,5-6,8H2,1H3,(H3,12,13). The van der Waals surface area contributed by atoms with Gasteiger partial charge in [0.1, 0.15) is 5.84 Å². The zero-order chi connectivity index (χ0) is 11.3. The maximum atomic E-state index is 8.76. The second-order valence-corrected chi connectivity index (χ2v) is 3.58. The van der Waals surface area contributed by atoms with Crippen LogP contribution in [-0.2, 0) is 6.54 Å². The van der Waals surface area contributed by atoms with Crippen LogP contribution < -0.4 is 5.73 Å². The fourth-order valence-corrected chi connectivity index (χ4v) is 1.40. The van der Waals surface area contributed by atoms with Crippen LogP contribution in [-0.4, -0.2) is 36.0 Å². The number of hydrogen-bond acceptors (Lipinski definition) is 3. The molecular formula is C11H17N3O. The number of hydrogen-bond donors (Lipinski definition) is 3. The van der Waals surface area contributed by atoms with E-state index >= 15 is 0 Å². The van der Waals surface area contributed by atoms with E-state index in [0.717, 1.165) is 17.7 Å². The third-order valence-corrected chi connectivity index (χ3v) is 2.17. The van der Waals surface area contributed by atoms with E-state index in [9.17, 15) is 0 Å². The fraction of sp³-hybridized carbons (Fsp3) is 0.364. The lowest BCUT2D eigenvalue weighted by molar-refractivity contribution is 0.217. The van der Waals surface area contributed by atoms with Gasteiger partial charge in [-0.2, -0.15) is 0 Å². The van der Waals surface area contributed by atoms with Gasteiger partial charge < -0.3 is 10.8 Å². The van der Waals surface area contributed by atoms with E-state index in [0.29, 0.717) is 6.54 Å². The molecule has 4 N–H and O–H groups in total. The first kappa shape index (κ1) is 11.7. The zero-order valence-corrected chi connectivity index (χ0v) is 8.90. The summed E-state index contributed by atoms with van der Waals surface area (Å²) in [7, 11) is 1.94. The van der Waals surface area contributed by atoms with Crippen LogP contribution in [0.5, 0.6) is 0 Å². The Labute approximate surface area is 89.8 Å². The average molecular weight is 207 g/mol. The normalized spacial score (nSPS) is 10.6. The van der Waals surface area contributed by atoms with Crippen molar-refractivity contribution in [3.8, 4) is 0 Å². The molecule has 0 saturated carbocycles. The molecule has 0 heterocycles. The van der Waals surface area contributed by atoms with E-state index in [2.05, 4.69) is 0 Å². The smallest absolute Gasteiger partial charge is 0.122 e. The summed E-state index contributed by atoms with van der Waals surface area (Å²) in [6.45, 7) is 1.55. The van der Waals surface area contributed by atoms with Crippen LogP contribution in [0.2, 0.25) is 0 Å².